The second-order valence-corrected chi connectivity index (χ2v) is 6.33. The van der Waals surface area contributed by atoms with Crippen LogP contribution in [0.1, 0.15) is 17.0 Å². The summed E-state index contributed by atoms with van der Waals surface area (Å²) >= 11 is 0. The van der Waals surface area contributed by atoms with E-state index in [1.165, 1.54) is 14.2 Å². The fourth-order valence-corrected chi connectivity index (χ4v) is 3.27. The largest absolute Gasteiger partial charge is 0.497 e. The molecule has 0 amide bonds. The second-order valence-electron chi connectivity index (χ2n) is 6.33. The molecule has 0 fully saturated rings. The molecule has 0 radical (unpaired) electrons. The molecule has 8 nitrogen and oxygen atoms in total. The lowest BCUT2D eigenvalue weighted by molar-refractivity contribution is -0.484. The summed E-state index contributed by atoms with van der Waals surface area (Å²) in [6.07, 6.45) is 0. The SMILES string of the molecule is COC(=O)[C@@]1([C@H](C[N+](=O)[O-])c2ccc(OC)cc2)COC(c2ccccc2)=N1. The quantitative estimate of drug-likeness (QED) is 0.413. The van der Waals surface area contributed by atoms with E-state index in [1.807, 2.05) is 18.2 Å². The van der Waals surface area contributed by atoms with E-state index in [9.17, 15) is 14.9 Å². The van der Waals surface area contributed by atoms with Gasteiger partial charge in [0.05, 0.1) is 20.1 Å². The van der Waals surface area contributed by atoms with Gasteiger partial charge in [0.2, 0.25) is 18.0 Å². The van der Waals surface area contributed by atoms with E-state index in [-0.39, 0.29) is 12.5 Å². The molecule has 8 heteroatoms. The molecule has 2 atom stereocenters. The Kier molecular flexibility index (Phi) is 5.58. The Morgan fingerprint density at radius 1 is 1.21 bits per heavy atom. The molecule has 2 aromatic rings. The van der Waals surface area contributed by atoms with Crippen LogP contribution in [0.25, 0.3) is 0 Å². The number of esters is 1. The number of aliphatic imine (C=N–C) groups is 1. The summed E-state index contributed by atoms with van der Waals surface area (Å²) in [7, 11) is 2.76. The molecule has 2 aromatic carbocycles. The number of hydrogen-bond acceptors (Lipinski definition) is 7. The third-order valence-electron chi connectivity index (χ3n) is 4.72. The Balaban J connectivity index is 2.10. The normalized spacial score (nSPS) is 19.3. The van der Waals surface area contributed by atoms with E-state index < -0.39 is 28.9 Å². The summed E-state index contributed by atoms with van der Waals surface area (Å²) in [5.41, 5.74) is -0.297. The highest BCUT2D eigenvalue weighted by molar-refractivity contribution is 5.99. The monoisotopic (exact) mass is 384 g/mol. The van der Waals surface area contributed by atoms with Gasteiger partial charge in [-0.3, -0.25) is 10.1 Å². The van der Waals surface area contributed by atoms with Gasteiger partial charge in [0.1, 0.15) is 12.4 Å². The number of hydrogen-bond donors (Lipinski definition) is 0. The number of methoxy groups -OCH3 is 2. The van der Waals surface area contributed by atoms with Gasteiger partial charge in [-0.05, 0) is 29.8 Å². The van der Waals surface area contributed by atoms with E-state index in [4.69, 9.17) is 14.2 Å². The van der Waals surface area contributed by atoms with Gasteiger partial charge in [0.15, 0.2) is 0 Å². The number of ether oxygens (including phenoxy) is 3. The molecule has 0 spiro atoms. The van der Waals surface area contributed by atoms with E-state index in [2.05, 4.69) is 4.99 Å². The van der Waals surface area contributed by atoms with Crippen molar-refractivity contribution < 1.29 is 23.9 Å². The Labute approximate surface area is 161 Å². The first-order valence-corrected chi connectivity index (χ1v) is 8.62. The van der Waals surface area contributed by atoms with Crippen molar-refractivity contribution in [2.75, 3.05) is 27.4 Å². The van der Waals surface area contributed by atoms with Crippen LogP contribution in [0.2, 0.25) is 0 Å². The second kappa shape index (κ2) is 8.08. The van der Waals surface area contributed by atoms with Gasteiger partial charge in [0, 0.05) is 10.5 Å². The number of benzene rings is 2. The van der Waals surface area contributed by atoms with Crippen LogP contribution in [0.3, 0.4) is 0 Å². The Hall–Kier alpha value is -3.42. The molecule has 0 N–H and O–H groups in total. The molecule has 1 aliphatic heterocycles. The van der Waals surface area contributed by atoms with Crippen molar-refractivity contribution in [3.8, 4) is 5.75 Å². The maximum atomic E-state index is 12.8. The van der Waals surface area contributed by atoms with Gasteiger partial charge in [-0.2, -0.15) is 0 Å². The van der Waals surface area contributed by atoms with Crippen molar-refractivity contribution in [1.29, 1.82) is 0 Å². The average molecular weight is 384 g/mol. The van der Waals surface area contributed by atoms with E-state index in [0.29, 0.717) is 16.9 Å². The van der Waals surface area contributed by atoms with Crippen LogP contribution >= 0.6 is 0 Å². The summed E-state index contributed by atoms with van der Waals surface area (Å²) in [5, 5.41) is 11.4. The molecule has 1 aliphatic rings. The number of carbonyl (C=O) groups excluding carboxylic acids is 1. The predicted octanol–water partition coefficient (Wildman–Crippen LogP) is 2.44. The molecule has 0 saturated carbocycles. The third kappa shape index (κ3) is 3.66. The van der Waals surface area contributed by atoms with E-state index in [0.717, 1.165) is 0 Å². The van der Waals surface area contributed by atoms with Crippen molar-refractivity contribution in [2.24, 2.45) is 4.99 Å². The summed E-state index contributed by atoms with van der Waals surface area (Å²) in [6, 6.07) is 15.8. The fraction of sp³-hybridized carbons (Fsp3) is 0.300. The van der Waals surface area contributed by atoms with Crippen LogP contribution in [0.4, 0.5) is 0 Å². The molecule has 28 heavy (non-hydrogen) atoms. The Morgan fingerprint density at radius 2 is 1.89 bits per heavy atom. The van der Waals surface area contributed by atoms with Crippen molar-refractivity contribution >= 4 is 11.9 Å². The van der Waals surface area contributed by atoms with Crippen molar-refractivity contribution in [3.63, 3.8) is 0 Å². The van der Waals surface area contributed by atoms with E-state index >= 15 is 0 Å². The topological polar surface area (TPSA) is 100 Å². The molecule has 0 aromatic heterocycles. The molecule has 146 valence electrons. The number of nitro groups is 1. The first kappa shape index (κ1) is 19.3. The minimum atomic E-state index is -1.55. The average Bonchev–Trinajstić information content (AvgIpc) is 3.18. The lowest BCUT2D eigenvalue weighted by Crippen LogP contribution is -2.47. The smallest absolute Gasteiger partial charge is 0.338 e. The van der Waals surface area contributed by atoms with Crippen molar-refractivity contribution in [1.82, 2.24) is 0 Å². The van der Waals surface area contributed by atoms with Gasteiger partial charge >= 0.3 is 5.97 Å². The highest BCUT2D eigenvalue weighted by atomic mass is 16.6. The fourth-order valence-electron chi connectivity index (χ4n) is 3.27. The highest BCUT2D eigenvalue weighted by Crippen LogP contribution is 2.38. The summed E-state index contributed by atoms with van der Waals surface area (Å²) in [4.78, 5) is 28.2. The molecule has 3 rings (SSSR count). The van der Waals surface area contributed by atoms with Crippen LogP contribution in [0.15, 0.2) is 59.6 Å². The standard InChI is InChI=1S/C20H20N2O6/c1-26-16-10-8-14(9-11-16)17(12-22(24)25)20(19(23)27-2)13-28-18(21-20)15-6-4-3-5-7-15/h3-11,17H,12-13H2,1-2H3/t17-,20+/m1/s1. The predicted molar refractivity (Wildman–Crippen MR) is 101 cm³/mol. The maximum absolute atomic E-state index is 12.8. The van der Waals surface area contributed by atoms with Crippen LogP contribution < -0.4 is 4.74 Å². The summed E-state index contributed by atoms with van der Waals surface area (Å²) in [6.45, 7) is -0.648. The molecular formula is C20H20N2O6. The highest BCUT2D eigenvalue weighted by Gasteiger charge is 2.54. The molecule has 0 aliphatic carbocycles. The summed E-state index contributed by atoms with van der Waals surface area (Å²) < 4.78 is 15.8. The first-order valence-electron chi connectivity index (χ1n) is 8.62. The maximum Gasteiger partial charge on any atom is 0.338 e. The van der Waals surface area contributed by atoms with Gasteiger partial charge in [-0.25, -0.2) is 9.79 Å². The molecule has 0 saturated heterocycles. The lowest BCUT2D eigenvalue weighted by Gasteiger charge is -2.28. The third-order valence-corrected chi connectivity index (χ3v) is 4.72. The summed E-state index contributed by atoms with van der Waals surface area (Å²) in [5.74, 6) is -0.692. The first-order chi connectivity index (χ1) is 13.5. The zero-order valence-corrected chi connectivity index (χ0v) is 15.5. The lowest BCUT2D eigenvalue weighted by atomic mass is 9.80. The Bertz CT molecular complexity index is 881. The number of carbonyl (C=O) groups is 1. The number of nitrogens with zero attached hydrogens (tertiary/aromatic N) is 2. The zero-order chi connectivity index (χ0) is 20.1. The van der Waals surface area contributed by atoms with Crippen molar-refractivity contribution in [2.45, 2.75) is 11.5 Å². The minimum Gasteiger partial charge on any atom is -0.497 e. The van der Waals surface area contributed by atoms with Crippen LogP contribution in [-0.4, -0.2) is 49.7 Å². The van der Waals surface area contributed by atoms with Crippen LogP contribution in [-0.2, 0) is 14.3 Å². The van der Waals surface area contributed by atoms with Gasteiger partial charge in [0.25, 0.3) is 0 Å². The Morgan fingerprint density at radius 3 is 2.46 bits per heavy atom. The van der Waals surface area contributed by atoms with Crippen molar-refractivity contribution in [3.05, 3.63) is 75.8 Å². The number of rotatable bonds is 7. The van der Waals surface area contributed by atoms with Gasteiger partial charge < -0.3 is 14.2 Å². The van der Waals surface area contributed by atoms with Crippen LogP contribution in [0.5, 0.6) is 5.75 Å². The molecular weight excluding hydrogens is 364 g/mol. The minimum absolute atomic E-state index is 0.144. The van der Waals surface area contributed by atoms with Gasteiger partial charge in [-0.15, -0.1) is 0 Å². The zero-order valence-electron chi connectivity index (χ0n) is 15.5. The molecule has 1 heterocycles. The van der Waals surface area contributed by atoms with Crippen LogP contribution in [0, 0.1) is 10.1 Å². The van der Waals surface area contributed by atoms with E-state index in [1.54, 1.807) is 36.4 Å². The molecule has 0 unspecified atom stereocenters. The molecule has 0 bridgehead atoms. The van der Waals surface area contributed by atoms with Gasteiger partial charge in [-0.1, -0.05) is 30.3 Å².